The molecule has 5 heteroatoms. The normalized spacial score (nSPS) is 23.6. The van der Waals surface area contributed by atoms with Gasteiger partial charge in [-0.3, -0.25) is 0 Å². The van der Waals surface area contributed by atoms with Gasteiger partial charge in [-0.15, -0.1) is 0 Å². The molecule has 1 heterocycles. The van der Waals surface area contributed by atoms with Crippen LogP contribution in [0.2, 0.25) is 0 Å². The largest absolute Gasteiger partial charge is 0.326 e. The quantitative estimate of drug-likeness (QED) is 0.862. The zero-order valence-corrected chi connectivity index (χ0v) is 12.1. The van der Waals surface area contributed by atoms with Gasteiger partial charge in [-0.1, -0.05) is 30.3 Å². The van der Waals surface area contributed by atoms with Crippen molar-refractivity contribution in [1.29, 1.82) is 0 Å². The monoisotopic (exact) mass is 282 g/mol. The highest BCUT2D eigenvalue weighted by Gasteiger charge is 2.30. The van der Waals surface area contributed by atoms with Gasteiger partial charge in [0.25, 0.3) is 0 Å². The molecule has 2 unspecified atom stereocenters. The molecule has 1 aliphatic rings. The van der Waals surface area contributed by atoms with Crippen LogP contribution < -0.4 is 5.73 Å². The molecule has 0 amide bonds. The lowest BCUT2D eigenvalue weighted by molar-refractivity contribution is 0.245. The molecule has 106 valence electrons. The number of likely N-dealkylation sites (N-methyl/N-ethyl adjacent to an activating group) is 1. The Kier molecular flexibility index (Phi) is 4.60. The first-order chi connectivity index (χ1) is 8.96. The molecule has 1 saturated heterocycles. The van der Waals surface area contributed by atoms with E-state index in [4.69, 9.17) is 5.73 Å². The van der Waals surface area contributed by atoms with E-state index in [-0.39, 0.29) is 17.8 Å². The van der Waals surface area contributed by atoms with Gasteiger partial charge in [0.2, 0.25) is 0 Å². The van der Waals surface area contributed by atoms with Crippen LogP contribution >= 0.6 is 0 Å². The number of sulfone groups is 1. The van der Waals surface area contributed by atoms with Crippen molar-refractivity contribution in [2.75, 3.05) is 25.1 Å². The van der Waals surface area contributed by atoms with Crippen LogP contribution in [-0.4, -0.2) is 50.5 Å². The summed E-state index contributed by atoms with van der Waals surface area (Å²) in [5.74, 6) is 0.595. The van der Waals surface area contributed by atoms with Gasteiger partial charge in [0.15, 0.2) is 9.84 Å². The number of hydrogen-bond acceptors (Lipinski definition) is 4. The molecular weight excluding hydrogens is 260 g/mol. The Morgan fingerprint density at radius 1 is 1.37 bits per heavy atom. The molecule has 0 aliphatic carbocycles. The summed E-state index contributed by atoms with van der Waals surface area (Å²) in [4.78, 5) is 2.10. The molecule has 1 fully saturated rings. The van der Waals surface area contributed by atoms with Gasteiger partial charge < -0.3 is 10.6 Å². The van der Waals surface area contributed by atoms with Crippen LogP contribution in [0.1, 0.15) is 12.0 Å². The third-order valence-corrected chi connectivity index (χ3v) is 5.45. The van der Waals surface area contributed by atoms with Gasteiger partial charge in [0.05, 0.1) is 11.5 Å². The van der Waals surface area contributed by atoms with E-state index in [1.54, 1.807) is 0 Å². The van der Waals surface area contributed by atoms with Crippen LogP contribution in [0.4, 0.5) is 0 Å². The van der Waals surface area contributed by atoms with Gasteiger partial charge >= 0.3 is 0 Å². The summed E-state index contributed by atoms with van der Waals surface area (Å²) in [6.07, 6.45) is 1.56. The fraction of sp³-hybridized carbons (Fsp3) is 0.571. The summed E-state index contributed by atoms with van der Waals surface area (Å²) in [5.41, 5.74) is 7.38. The fourth-order valence-electron chi connectivity index (χ4n) is 2.62. The van der Waals surface area contributed by atoms with Crippen molar-refractivity contribution in [3.05, 3.63) is 35.9 Å². The van der Waals surface area contributed by atoms with Crippen molar-refractivity contribution in [3.8, 4) is 0 Å². The predicted octanol–water partition coefficient (Wildman–Crippen LogP) is 0.675. The molecule has 1 aromatic carbocycles. The van der Waals surface area contributed by atoms with E-state index in [0.29, 0.717) is 5.75 Å². The first-order valence-electron chi connectivity index (χ1n) is 6.66. The molecule has 0 radical (unpaired) electrons. The molecule has 0 saturated carbocycles. The maximum absolute atomic E-state index is 11.5. The Morgan fingerprint density at radius 3 is 2.63 bits per heavy atom. The van der Waals surface area contributed by atoms with E-state index < -0.39 is 9.84 Å². The van der Waals surface area contributed by atoms with E-state index >= 15 is 0 Å². The van der Waals surface area contributed by atoms with Gasteiger partial charge in [-0.25, -0.2) is 8.42 Å². The summed E-state index contributed by atoms with van der Waals surface area (Å²) in [6, 6.07) is 10.3. The molecular formula is C14H22N2O2S. The second kappa shape index (κ2) is 6.03. The second-order valence-electron chi connectivity index (χ2n) is 5.45. The standard InChI is InChI=1S/C14H22N2O2S/c1-16(14-7-8-19(17,18)11-14)10-13(15)9-12-5-3-2-4-6-12/h2-6,13-14H,7-11,15H2,1H3. The number of nitrogens with zero attached hydrogens (tertiary/aromatic N) is 1. The van der Waals surface area contributed by atoms with Crippen molar-refractivity contribution >= 4 is 9.84 Å². The summed E-state index contributed by atoms with van der Waals surface area (Å²) in [5, 5.41) is 0. The minimum Gasteiger partial charge on any atom is -0.326 e. The Hall–Kier alpha value is -0.910. The molecule has 0 aromatic heterocycles. The van der Waals surface area contributed by atoms with Gasteiger partial charge in [0.1, 0.15) is 0 Å². The van der Waals surface area contributed by atoms with Crippen molar-refractivity contribution in [2.45, 2.75) is 24.9 Å². The Morgan fingerprint density at radius 2 is 2.05 bits per heavy atom. The van der Waals surface area contributed by atoms with E-state index in [1.165, 1.54) is 5.56 Å². The number of nitrogens with two attached hydrogens (primary N) is 1. The molecule has 1 aromatic rings. The minimum atomic E-state index is -2.82. The molecule has 0 spiro atoms. The summed E-state index contributed by atoms with van der Waals surface area (Å²) >= 11 is 0. The smallest absolute Gasteiger partial charge is 0.151 e. The Labute approximate surface area is 115 Å². The third kappa shape index (κ3) is 4.30. The van der Waals surface area contributed by atoms with Crippen LogP contribution in [0.25, 0.3) is 0 Å². The lowest BCUT2D eigenvalue weighted by atomic mass is 10.1. The third-order valence-electron chi connectivity index (χ3n) is 3.69. The van der Waals surface area contributed by atoms with Crippen LogP contribution in [0.5, 0.6) is 0 Å². The highest BCUT2D eigenvalue weighted by Crippen LogP contribution is 2.16. The first-order valence-corrected chi connectivity index (χ1v) is 8.48. The molecule has 4 nitrogen and oxygen atoms in total. The molecule has 0 bridgehead atoms. The van der Waals surface area contributed by atoms with Crippen molar-refractivity contribution in [1.82, 2.24) is 4.90 Å². The van der Waals surface area contributed by atoms with Crippen LogP contribution in [-0.2, 0) is 16.3 Å². The Balaban J connectivity index is 1.84. The van der Waals surface area contributed by atoms with Crippen molar-refractivity contribution in [3.63, 3.8) is 0 Å². The summed E-state index contributed by atoms with van der Waals surface area (Å²) in [7, 11) is -0.849. The SMILES string of the molecule is CN(CC(N)Cc1ccccc1)C1CCS(=O)(=O)C1. The van der Waals surface area contributed by atoms with E-state index in [1.807, 2.05) is 25.2 Å². The lowest BCUT2D eigenvalue weighted by Crippen LogP contribution is -2.42. The van der Waals surface area contributed by atoms with Gasteiger partial charge in [-0.05, 0) is 25.5 Å². The number of benzene rings is 1. The molecule has 1 aliphatic heterocycles. The van der Waals surface area contributed by atoms with E-state index in [9.17, 15) is 8.42 Å². The van der Waals surface area contributed by atoms with Crippen LogP contribution in [0, 0.1) is 0 Å². The summed E-state index contributed by atoms with van der Waals surface area (Å²) in [6.45, 7) is 0.731. The Bertz CT molecular complexity index is 501. The van der Waals surface area contributed by atoms with Crippen molar-refractivity contribution < 1.29 is 8.42 Å². The average molecular weight is 282 g/mol. The minimum absolute atomic E-state index is 0.0377. The molecule has 2 rings (SSSR count). The second-order valence-corrected chi connectivity index (χ2v) is 7.67. The predicted molar refractivity (Wildman–Crippen MR) is 77.8 cm³/mol. The number of hydrogen-bond donors (Lipinski definition) is 1. The summed E-state index contributed by atoms with van der Waals surface area (Å²) < 4.78 is 22.9. The highest BCUT2D eigenvalue weighted by atomic mass is 32.2. The van der Waals surface area contributed by atoms with Gasteiger partial charge in [-0.2, -0.15) is 0 Å². The average Bonchev–Trinajstić information content (AvgIpc) is 2.71. The molecule has 19 heavy (non-hydrogen) atoms. The topological polar surface area (TPSA) is 63.4 Å². The maximum atomic E-state index is 11.5. The van der Waals surface area contributed by atoms with Crippen LogP contribution in [0.3, 0.4) is 0 Å². The fourth-order valence-corrected chi connectivity index (χ4v) is 4.43. The zero-order chi connectivity index (χ0) is 13.9. The highest BCUT2D eigenvalue weighted by molar-refractivity contribution is 7.91. The number of rotatable bonds is 5. The van der Waals surface area contributed by atoms with E-state index in [2.05, 4.69) is 17.0 Å². The van der Waals surface area contributed by atoms with Crippen molar-refractivity contribution in [2.24, 2.45) is 5.73 Å². The first kappa shape index (κ1) is 14.5. The van der Waals surface area contributed by atoms with E-state index in [0.717, 1.165) is 19.4 Å². The molecule has 2 N–H and O–H groups in total. The lowest BCUT2D eigenvalue weighted by Gasteiger charge is -2.26. The van der Waals surface area contributed by atoms with Crippen LogP contribution in [0.15, 0.2) is 30.3 Å². The zero-order valence-electron chi connectivity index (χ0n) is 11.3. The molecule has 2 atom stereocenters. The van der Waals surface area contributed by atoms with Gasteiger partial charge in [0, 0.05) is 18.6 Å². The maximum Gasteiger partial charge on any atom is 0.151 e.